The van der Waals surface area contributed by atoms with E-state index < -0.39 is 12.0 Å². The Morgan fingerprint density at radius 2 is 2.00 bits per heavy atom. The minimum absolute atomic E-state index is 0.0470. The molecule has 21 heavy (non-hydrogen) atoms. The minimum Gasteiger partial charge on any atom is -0.480 e. The van der Waals surface area contributed by atoms with Crippen LogP contribution in [0.2, 0.25) is 0 Å². The maximum atomic E-state index is 12.4. The molecule has 4 atom stereocenters. The van der Waals surface area contributed by atoms with Crippen LogP contribution < -0.4 is 5.32 Å². The number of carbonyl (C=O) groups excluding carboxylic acids is 1. The van der Waals surface area contributed by atoms with Crippen LogP contribution >= 0.6 is 0 Å². The van der Waals surface area contributed by atoms with Crippen LogP contribution in [0.5, 0.6) is 0 Å². The molecule has 3 rings (SSSR count). The zero-order valence-corrected chi connectivity index (χ0v) is 12.4. The van der Waals surface area contributed by atoms with Gasteiger partial charge in [-0.1, -0.05) is 38.1 Å². The molecule has 3 unspecified atom stereocenters. The molecule has 1 saturated carbocycles. The number of carbonyl (C=O) groups is 2. The fraction of sp³-hybridized carbons (Fsp3) is 0.529. The number of hydrogen-bond donors (Lipinski definition) is 2. The number of carboxylic acids is 1. The number of carboxylic acid groups (broad SMARTS) is 1. The number of nitrogens with one attached hydrogen (secondary N) is 1. The summed E-state index contributed by atoms with van der Waals surface area (Å²) in [7, 11) is 0. The molecule has 1 amide bonds. The van der Waals surface area contributed by atoms with Gasteiger partial charge in [0.2, 0.25) is 5.91 Å². The molecule has 0 radical (unpaired) electrons. The van der Waals surface area contributed by atoms with Gasteiger partial charge in [0.15, 0.2) is 0 Å². The predicted octanol–water partition coefficient (Wildman–Crippen LogP) is 2.19. The summed E-state index contributed by atoms with van der Waals surface area (Å²) in [5.74, 6) is -0.531. The lowest BCUT2D eigenvalue weighted by Gasteiger charge is -2.18. The third-order valence-corrected chi connectivity index (χ3v) is 4.86. The maximum absolute atomic E-state index is 12.4. The first kappa shape index (κ1) is 14.1. The summed E-state index contributed by atoms with van der Waals surface area (Å²) in [5, 5.41) is 11.9. The molecule has 1 aromatic carbocycles. The number of aliphatic carboxylic acids is 1. The second kappa shape index (κ2) is 5.17. The Morgan fingerprint density at radius 1 is 1.29 bits per heavy atom. The van der Waals surface area contributed by atoms with E-state index in [1.165, 1.54) is 11.1 Å². The number of benzene rings is 1. The van der Waals surface area contributed by atoms with Gasteiger partial charge in [-0.3, -0.25) is 4.79 Å². The Hall–Kier alpha value is -1.84. The standard InChI is InChI=1S/C17H21NO3/c1-9(2)15(17(20)21)18-16(19)14-12-8-7-10-5-3-4-6-11(10)13(12)14/h3-6,9,12-15H,7-8H2,1-2H3,(H,18,19)(H,20,21)/t12?,13?,14?,15-/m1/s1. The monoisotopic (exact) mass is 287 g/mol. The van der Waals surface area contributed by atoms with Crippen molar-refractivity contribution < 1.29 is 14.7 Å². The van der Waals surface area contributed by atoms with Crippen LogP contribution in [0.15, 0.2) is 24.3 Å². The molecule has 0 aromatic heterocycles. The second-order valence-corrected chi connectivity index (χ2v) is 6.52. The van der Waals surface area contributed by atoms with E-state index >= 15 is 0 Å². The van der Waals surface area contributed by atoms with E-state index in [1.807, 2.05) is 26.0 Å². The highest BCUT2D eigenvalue weighted by molar-refractivity contribution is 5.88. The van der Waals surface area contributed by atoms with Crippen LogP contribution in [0.25, 0.3) is 0 Å². The van der Waals surface area contributed by atoms with Crippen molar-refractivity contribution in [3.05, 3.63) is 35.4 Å². The molecule has 112 valence electrons. The highest BCUT2D eigenvalue weighted by Crippen LogP contribution is 2.59. The Labute approximate surface area is 124 Å². The van der Waals surface area contributed by atoms with Crippen molar-refractivity contribution >= 4 is 11.9 Å². The van der Waals surface area contributed by atoms with Crippen molar-refractivity contribution in [2.45, 2.75) is 38.6 Å². The average molecular weight is 287 g/mol. The molecule has 2 N–H and O–H groups in total. The number of amides is 1. The smallest absolute Gasteiger partial charge is 0.326 e. The van der Waals surface area contributed by atoms with Crippen LogP contribution in [0.1, 0.15) is 37.3 Å². The van der Waals surface area contributed by atoms with Crippen LogP contribution in [0, 0.1) is 17.8 Å². The van der Waals surface area contributed by atoms with Gasteiger partial charge in [-0.15, -0.1) is 0 Å². The fourth-order valence-corrected chi connectivity index (χ4v) is 3.69. The van der Waals surface area contributed by atoms with Crippen LogP contribution in [-0.4, -0.2) is 23.0 Å². The summed E-state index contributed by atoms with van der Waals surface area (Å²) < 4.78 is 0. The van der Waals surface area contributed by atoms with Crippen molar-refractivity contribution in [3.8, 4) is 0 Å². The van der Waals surface area contributed by atoms with Gasteiger partial charge in [-0.05, 0) is 41.7 Å². The first-order valence-electron chi connectivity index (χ1n) is 7.61. The summed E-state index contributed by atoms with van der Waals surface area (Å²) in [5.41, 5.74) is 2.62. The third-order valence-electron chi connectivity index (χ3n) is 4.86. The van der Waals surface area contributed by atoms with Crippen LogP contribution in [0.3, 0.4) is 0 Å². The Bertz CT molecular complexity index is 581. The van der Waals surface area contributed by atoms with Gasteiger partial charge < -0.3 is 10.4 Å². The van der Waals surface area contributed by atoms with E-state index in [-0.39, 0.29) is 23.7 Å². The lowest BCUT2D eigenvalue weighted by molar-refractivity contribution is -0.143. The Morgan fingerprint density at radius 3 is 2.67 bits per heavy atom. The molecule has 1 aromatic rings. The Balaban J connectivity index is 1.73. The molecule has 0 aliphatic heterocycles. The number of rotatable bonds is 4. The van der Waals surface area contributed by atoms with Gasteiger partial charge in [0.05, 0.1) is 0 Å². The van der Waals surface area contributed by atoms with Crippen LogP contribution in [-0.2, 0) is 16.0 Å². The zero-order chi connectivity index (χ0) is 15.1. The number of hydrogen-bond acceptors (Lipinski definition) is 2. The van der Waals surface area contributed by atoms with E-state index in [4.69, 9.17) is 0 Å². The lowest BCUT2D eigenvalue weighted by Crippen LogP contribution is -2.45. The topological polar surface area (TPSA) is 66.4 Å². The molecule has 4 nitrogen and oxygen atoms in total. The van der Waals surface area contributed by atoms with Gasteiger partial charge in [-0.2, -0.15) is 0 Å². The van der Waals surface area contributed by atoms with Gasteiger partial charge in [0, 0.05) is 5.92 Å². The summed E-state index contributed by atoms with van der Waals surface area (Å²) in [6, 6.07) is 7.50. The van der Waals surface area contributed by atoms with E-state index in [2.05, 4.69) is 17.4 Å². The van der Waals surface area contributed by atoms with Crippen molar-refractivity contribution in [3.63, 3.8) is 0 Å². The van der Waals surface area contributed by atoms with Gasteiger partial charge in [0.25, 0.3) is 0 Å². The molecule has 1 fully saturated rings. The van der Waals surface area contributed by atoms with E-state index in [0.29, 0.717) is 5.92 Å². The molecule has 0 spiro atoms. The molecule has 2 aliphatic rings. The molecular weight excluding hydrogens is 266 g/mol. The summed E-state index contributed by atoms with van der Waals surface area (Å²) in [6.07, 6.45) is 2.05. The molecule has 0 heterocycles. The minimum atomic E-state index is -0.956. The van der Waals surface area contributed by atoms with E-state index in [0.717, 1.165) is 12.8 Å². The van der Waals surface area contributed by atoms with Crippen LogP contribution in [0.4, 0.5) is 0 Å². The molecule has 0 bridgehead atoms. The van der Waals surface area contributed by atoms with Crippen molar-refractivity contribution in [2.24, 2.45) is 17.8 Å². The number of fused-ring (bicyclic) bond motifs is 3. The van der Waals surface area contributed by atoms with E-state index in [1.54, 1.807) is 0 Å². The molecule has 0 saturated heterocycles. The summed E-state index contributed by atoms with van der Waals surface area (Å²) in [6.45, 7) is 3.63. The highest BCUT2D eigenvalue weighted by Gasteiger charge is 2.57. The predicted molar refractivity (Wildman–Crippen MR) is 78.9 cm³/mol. The summed E-state index contributed by atoms with van der Waals surface area (Å²) in [4.78, 5) is 23.6. The van der Waals surface area contributed by atoms with Gasteiger partial charge in [0.1, 0.15) is 6.04 Å². The van der Waals surface area contributed by atoms with E-state index in [9.17, 15) is 14.7 Å². The van der Waals surface area contributed by atoms with Crippen molar-refractivity contribution in [2.75, 3.05) is 0 Å². The second-order valence-electron chi connectivity index (χ2n) is 6.52. The third kappa shape index (κ3) is 2.43. The maximum Gasteiger partial charge on any atom is 0.326 e. The average Bonchev–Trinajstić information content (AvgIpc) is 3.18. The first-order valence-corrected chi connectivity index (χ1v) is 7.61. The lowest BCUT2D eigenvalue weighted by atomic mass is 9.92. The SMILES string of the molecule is CC(C)[C@@H](NC(=O)C1C2CCc3ccccc3C21)C(=O)O. The van der Waals surface area contributed by atoms with Crippen molar-refractivity contribution in [1.82, 2.24) is 5.32 Å². The highest BCUT2D eigenvalue weighted by atomic mass is 16.4. The normalized spacial score (nSPS) is 27.5. The molecule has 4 heteroatoms. The quantitative estimate of drug-likeness (QED) is 0.892. The Kier molecular flexibility index (Phi) is 3.47. The largest absolute Gasteiger partial charge is 0.480 e. The molecule has 2 aliphatic carbocycles. The van der Waals surface area contributed by atoms with Gasteiger partial charge in [-0.25, -0.2) is 4.79 Å². The first-order chi connectivity index (χ1) is 10.0. The summed E-state index contributed by atoms with van der Waals surface area (Å²) >= 11 is 0. The van der Waals surface area contributed by atoms with Gasteiger partial charge >= 0.3 is 5.97 Å². The number of aryl methyl sites for hydroxylation is 1. The molecular formula is C17H21NO3. The van der Waals surface area contributed by atoms with Crippen molar-refractivity contribution in [1.29, 1.82) is 0 Å². The fourth-order valence-electron chi connectivity index (χ4n) is 3.69. The zero-order valence-electron chi connectivity index (χ0n) is 12.4.